The summed E-state index contributed by atoms with van der Waals surface area (Å²) < 4.78 is 10.5. The molecule has 8 heteroatoms. The lowest BCUT2D eigenvalue weighted by Gasteiger charge is -2.22. The highest BCUT2D eigenvalue weighted by Gasteiger charge is 2.42. The van der Waals surface area contributed by atoms with Crippen molar-refractivity contribution in [3.8, 4) is 11.1 Å². The molecule has 0 bridgehead atoms. The molecule has 166 valence electrons. The second kappa shape index (κ2) is 9.13. The number of fused-ring (bicyclic) bond motifs is 3. The maximum absolute atomic E-state index is 12.8. The molecular weight excluding hydrogens is 412 g/mol. The Hall–Kier alpha value is -3.81. The van der Waals surface area contributed by atoms with Gasteiger partial charge in [-0.05, 0) is 22.3 Å². The predicted octanol–water partition coefficient (Wildman–Crippen LogP) is 3.38. The van der Waals surface area contributed by atoms with Gasteiger partial charge in [0.15, 0.2) is 0 Å². The van der Waals surface area contributed by atoms with Crippen LogP contribution in [0, 0.1) is 0 Å². The van der Waals surface area contributed by atoms with Crippen molar-refractivity contribution in [3.63, 3.8) is 0 Å². The van der Waals surface area contributed by atoms with Gasteiger partial charge in [-0.3, -0.25) is 4.90 Å². The van der Waals surface area contributed by atoms with Crippen LogP contribution in [0.3, 0.4) is 0 Å². The van der Waals surface area contributed by atoms with Crippen molar-refractivity contribution in [2.24, 2.45) is 0 Å². The predicted molar refractivity (Wildman–Crippen MR) is 116 cm³/mol. The van der Waals surface area contributed by atoms with Crippen molar-refractivity contribution in [1.82, 2.24) is 10.2 Å². The van der Waals surface area contributed by atoms with Gasteiger partial charge in [0.2, 0.25) is 0 Å². The Morgan fingerprint density at radius 1 is 1.06 bits per heavy atom. The molecule has 32 heavy (non-hydrogen) atoms. The Labute approximate surface area is 185 Å². The molecule has 2 amide bonds. The lowest BCUT2D eigenvalue weighted by atomic mass is 9.98. The monoisotopic (exact) mass is 436 g/mol. The first-order valence-electron chi connectivity index (χ1n) is 10.4. The highest BCUT2D eigenvalue weighted by atomic mass is 16.6. The minimum Gasteiger partial charge on any atom is -0.480 e. The summed E-state index contributed by atoms with van der Waals surface area (Å²) in [6.07, 6.45) is 0.0939. The van der Waals surface area contributed by atoms with Gasteiger partial charge in [0.25, 0.3) is 0 Å². The summed E-state index contributed by atoms with van der Waals surface area (Å²) in [6, 6.07) is 14.3. The first kappa shape index (κ1) is 21.4. The molecule has 2 aromatic carbocycles. The highest BCUT2D eigenvalue weighted by Crippen LogP contribution is 2.44. The number of amides is 2. The van der Waals surface area contributed by atoms with Crippen LogP contribution in [-0.2, 0) is 14.3 Å². The smallest absolute Gasteiger partial charge is 0.410 e. The van der Waals surface area contributed by atoms with E-state index in [1.165, 1.54) is 6.08 Å². The van der Waals surface area contributed by atoms with Crippen molar-refractivity contribution >= 4 is 18.2 Å². The normalized spacial score (nSPS) is 19.1. The number of carboxylic acid groups (broad SMARTS) is 1. The summed E-state index contributed by atoms with van der Waals surface area (Å²) in [6.45, 7) is 3.62. The Morgan fingerprint density at radius 3 is 2.28 bits per heavy atom. The Morgan fingerprint density at radius 2 is 1.69 bits per heavy atom. The zero-order chi connectivity index (χ0) is 22.7. The van der Waals surface area contributed by atoms with Crippen LogP contribution in [0.15, 0.2) is 61.2 Å². The first-order chi connectivity index (χ1) is 15.5. The van der Waals surface area contributed by atoms with Crippen LogP contribution in [-0.4, -0.2) is 60.0 Å². The molecule has 2 aliphatic rings. The van der Waals surface area contributed by atoms with Crippen molar-refractivity contribution in [2.75, 3.05) is 19.8 Å². The van der Waals surface area contributed by atoms with Crippen molar-refractivity contribution in [2.45, 2.75) is 24.4 Å². The summed E-state index contributed by atoms with van der Waals surface area (Å²) in [5.41, 5.74) is 4.36. The van der Waals surface area contributed by atoms with Crippen LogP contribution in [0.5, 0.6) is 0 Å². The van der Waals surface area contributed by atoms with Gasteiger partial charge in [-0.25, -0.2) is 14.4 Å². The Bertz CT molecular complexity index is 1010. The fourth-order valence-corrected chi connectivity index (χ4v) is 4.40. The molecule has 1 aliphatic heterocycles. The zero-order valence-electron chi connectivity index (χ0n) is 17.4. The van der Waals surface area contributed by atoms with Crippen LogP contribution in [0.25, 0.3) is 11.1 Å². The summed E-state index contributed by atoms with van der Waals surface area (Å²) in [5, 5.41) is 12.1. The molecule has 2 aromatic rings. The molecule has 1 saturated heterocycles. The lowest BCUT2D eigenvalue weighted by Crippen LogP contribution is -2.42. The average Bonchev–Trinajstić information content (AvgIpc) is 3.36. The summed E-state index contributed by atoms with van der Waals surface area (Å²) >= 11 is 0. The third kappa shape index (κ3) is 4.16. The number of hydrogen-bond donors (Lipinski definition) is 2. The van der Waals surface area contributed by atoms with E-state index in [2.05, 4.69) is 11.9 Å². The van der Waals surface area contributed by atoms with E-state index in [-0.39, 0.29) is 32.1 Å². The van der Waals surface area contributed by atoms with Crippen LogP contribution in [0.2, 0.25) is 0 Å². The largest absolute Gasteiger partial charge is 0.480 e. The van der Waals surface area contributed by atoms with Gasteiger partial charge in [-0.15, -0.1) is 0 Å². The number of likely N-dealkylation sites (tertiary alicyclic amines) is 1. The fraction of sp³-hybridized carbons (Fsp3) is 0.292. The molecule has 1 fully saturated rings. The Balaban J connectivity index is 1.44. The zero-order valence-corrected chi connectivity index (χ0v) is 17.4. The molecule has 8 nitrogen and oxygen atoms in total. The third-order valence-electron chi connectivity index (χ3n) is 5.81. The quantitative estimate of drug-likeness (QED) is 0.673. The molecule has 2 atom stereocenters. The van der Waals surface area contributed by atoms with Gasteiger partial charge in [-0.2, -0.15) is 0 Å². The number of nitrogens with one attached hydrogen (secondary N) is 1. The van der Waals surface area contributed by atoms with E-state index in [4.69, 9.17) is 9.47 Å². The van der Waals surface area contributed by atoms with Gasteiger partial charge in [-0.1, -0.05) is 61.2 Å². The maximum atomic E-state index is 12.8. The number of ether oxygens (including phenoxy) is 2. The van der Waals surface area contributed by atoms with Gasteiger partial charge < -0.3 is 19.9 Å². The minimum absolute atomic E-state index is 0.0246. The summed E-state index contributed by atoms with van der Waals surface area (Å²) in [7, 11) is 0. The van der Waals surface area contributed by atoms with Gasteiger partial charge in [0.1, 0.15) is 19.3 Å². The number of aliphatic carboxylic acids is 1. The third-order valence-corrected chi connectivity index (χ3v) is 5.81. The SMILES string of the molecule is C=CCOC(=O)N[C@H]1C[C@H](C(=O)O)N(C(=O)OCC2c3ccccc3-c3ccccc32)C1. The number of benzene rings is 2. The van der Waals surface area contributed by atoms with Crippen LogP contribution < -0.4 is 5.32 Å². The van der Waals surface area contributed by atoms with E-state index in [1.54, 1.807) is 0 Å². The van der Waals surface area contributed by atoms with Gasteiger partial charge in [0.05, 0.1) is 6.04 Å². The van der Waals surface area contributed by atoms with Crippen LogP contribution >= 0.6 is 0 Å². The lowest BCUT2D eigenvalue weighted by molar-refractivity contribution is -0.141. The van der Waals surface area contributed by atoms with E-state index in [0.717, 1.165) is 27.2 Å². The molecule has 0 aromatic heterocycles. The van der Waals surface area contributed by atoms with Gasteiger partial charge in [0, 0.05) is 18.9 Å². The second-order valence-corrected chi connectivity index (χ2v) is 7.77. The number of carbonyl (C=O) groups is 3. The first-order valence-corrected chi connectivity index (χ1v) is 10.4. The van der Waals surface area contributed by atoms with Crippen molar-refractivity contribution < 1.29 is 29.0 Å². The van der Waals surface area contributed by atoms with E-state index in [1.807, 2.05) is 48.5 Å². The van der Waals surface area contributed by atoms with Crippen LogP contribution in [0.4, 0.5) is 9.59 Å². The topological polar surface area (TPSA) is 105 Å². The number of carbonyl (C=O) groups excluding carboxylic acids is 2. The van der Waals surface area contributed by atoms with E-state index >= 15 is 0 Å². The summed E-state index contributed by atoms with van der Waals surface area (Å²) in [5.74, 6) is -1.28. The van der Waals surface area contributed by atoms with Crippen molar-refractivity contribution in [3.05, 3.63) is 72.3 Å². The maximum Gasteiger partial charge on any atom is 0.410 e. The molecular formula is C24H24N2O6. The van der Waals surface area contributed by atoms with Gasteiger partial charge >= 0.3 is 18.2 Å². The van der Waals surface area contributed by atoms with E-state index in [9.17, 15) is 19.5 Å². The standard InChI is InChI=1S/C24H24N2O6/c1-2-11-31-23(29)25-15-12-21(22(27)28)26(13-15)24(30)32-14-20-18-9-5-3-7-16(18)17-8-4-6-10-19(17)20/h2-10,15,20-21H,1,11-14H2,(H,25,29)(H,27,28)/t15-,21+/m0/s1. The molecule has 1 heterocycles. The number of hydrogen-bond acceptors (Lipinski definition) is 5. The average molecular weight is 436 g/mol. The molecule has 0 spiro atoms. The molecule has 0 unspecified atom stereocenters. The van der Waals surface area contributed by atoms with Crippen LogP contribution in [0.1, 0.15) is 23.5 Å². The van der Waals surface area contributed by atoms with E-state index in [0.29, 0.717) is 0 Å². The Kier molecular flexibility index (Phi) is 6.11. The number of carboxylic acids is 1. The number of nitrogens with zero attached hydrogens (tertiary/aromatic N) is 1. The molecule has 0 saturated carbocycles. The number of rotatable bonds is 6. The minimum atomic E-state index is -1.15. The second-order valence-electron chi connectivity index (χ2n) is 7.77. The number of alkyl carbamates (subject to hydrolysis) is 1. The summed E-state index contributed by atoms with van der Waals surface area (Å²) in [4.78, 5) is 37.5. The molecule has 1 aliphatic carbocycles. The molecule has 4 rings (SSSR count). The molecule has 0 radical (unpaired) electrons. The van der Waals surface area contributed by atoms with Crippen molar-refractivity contribution in [1.29, 1.82) is 0 Å². The highest BCUT2D eigenvalue weighted by molar-refractivity contribution is 5.82. The van der Waals surface area contributed by atoms with E-state index < -0.39 is 30.2 Å². The fourth-order valence-electron chi connectivity index (χ4n) is 4.40. The molecule has 2 N–H and O–H groups in total.